The molecule has 3 aromatic carbocycles. The van der Waals surface area contributed by atoms with Crippen molar-refractivity contribution in [3.63, 3.8) is 0 Å². The molecule has 1 aliphatic rings. The molecule has 1 aliphatic heterocycles. The first-order valence-electron chi connectivity index (χ1n) is 14.0. The van der Waals surface area contributed by atoms with E-state index < -0.39 is 33.9 Å². The van der Waals surface area contributed by atoms with E-state index >= 15 is 0 Å². The van der Waals surface area contributed by atoms with E-state index in [9.17, 15) is 19.2 Å². The van der Waals surface area contributed by atoms with Crippen molar-refractivity contribution in [1.82, 2.24) is 10.3 Å². The summed E-state index contributed by atoms with van der Waals surface area (Å²) in [5, 5.41) is 1.63. The molecule has 224 valence electrons. The molecule has 10 heteroatoms. The van der Waals surface area contributed by atoms with Crippen LogP contribution in [0.25, 0.3) is 0 Å². The molecule has 1 unspecified atom stereocenters. The number of hydrogen-bond donors (Lipinski definition) is 1. The van der Waals surface area contributed by atoms with E-state index in [4.69, 9.17) is 14.2 Å². The molecule has 0 aliphatic carbocycles. The van der Waals surface area contributed by atoms with Crippen molar-refractivity contribution in [2.75, 3.05) is 6.61 Å². The van der Waals surface area contributed by atoms with Gasteiger partial charge >= 0.3 is 11.9 Å². The summed E-state index contributed by atoms with van der Waals surface area (Å²) in [6, 6.07) is 28.7. The Bertz CT molecular complexity index is 1610. The van der Waals surface area contributed by atoms with Crippen LogP contribution in [0.5, 0.6) is 5.75 Å². The lowest BCUT2D eigenvalue weighted by Crippen LogP contribution is -2.46. The first kappa shape index (κ1) is 30.5. The maximum atomic E-state index is 13.1. The highest BCUT2D eigenvalue weighted by Crippen LogP contribution is 2.37. The van der Waals surface area contributed by atoms with Crippen molar-refractivity contribution in [3.05, 3.63) is 131 Å². The molecule has 4 aromatic rings. The summed E-state index contributed by atoms with van der Waals surface area (Å²) in [4.78, 5) is 54.7. The average molecular weight is 611 g/mol. The van der Waals surface area contributed by atoms with Crippen LogP contribution in [0.2, 0.25) is 0 Å². The van der Waals surface area contributed by atoms with E-state index in [1.807, 2.05) is 48.5 Å². The third-order valence-electron chi connectivity index (χ3n) is 7.01. The van der Waals surface area contributed by atoms with Gasteiger partial charge in [-0.2, -0.15) is 0 Å². The Morgan fingerprint density at radius 2 is 1.59 bits per heavy atom. The van der Waals surface area contributed by atoms with Gasteiger partial charge in [-0.1, -0.05) is 66.7 Å². The van der Waals surface area contributed by atoms with E-state index in [-0.39, 0.29) is 13.0 Å². The second kappa shape index (κ2) is 14.0. The number of nitrogens with one attached hydrogen (secondary N) is 1. The molecule has 1 aromatic heterocycles. The molecule has 9 nitrogen and oxygen atoms in total. The minimum Gasteiger partial charge on any atom is -0.493 e. The SMILES string of the molecule is CC(OC(=O)c1ccccc1)c1ccc(CCOc2ccc(C[C@@]3(C(=O)OCc4ccccc4)SC(=O)NC3=O)cc2)nc1. The number of benzene rings is 3. The number of nitrogens with zero attached hydrogens (tertiary/aromatic N) is 1. The maximum absolute atomic E-state index is 13.1. The van der Waals surface area contributed by atoms with Gasteiger partial charge in [0, 0.05) is 30.3 Å². The summed E-state index contributed by atoms with van der Waals surface area (Å²) in [5.74, 6) is -1.24. The second-order valence-electron chi connectivity index (χ2n) is 10.1. The Hall–Kier alpha value is -4.96. The normalized spacial score (nSPS) is 16.6. The Labute approximate surface area is 258 Å². The van der Waals surface area contributed by atoms with E-state index in [1.54, 1.807) is 61.7 Å². The number of amides is 2. The summed E-state index contributed by atoms with van der Waals surface area (Å²) in [6.45, 7) is 2.16. The van der Waals surface area contributed by atoms with Gasteiger partial charge in [0.15, 0.2) is 0 Å². The molecule has 0 bridgehead atoms. The number of aromatic nitrogens is 1. The number of ether oxygens (including phenoxy) is 3. The molecule has 44 heavy (non-hydrogen) atoms. The van der Waals surface area contributed by atoms with Crippen LogP contribution in [0.3, 0.4) is 0 Å². The summed E-state index contributed by atoms with van der Waals surface area (Å²) in [6.07, 6.45) is 1.78. The summed E-state index contributed by atoms with van der Waals surface area (Å²) >= 11 is 0.642. The lowest BCUT2D eigenvalue weighted by Gasteiger charge is -2.22. The average Bonchev–Trinajstić information content (AvgIpc) is 3.34. The Kier molecular flexibility index (Phi) is 9.71. The number of carbonyl (C=O) groups is 4. The standard InChI is InChI=1S/C34H30N2O7S/c1-23(43-30(37)26-10-6-3-7-11-26)27-14-15-28(35-21-27)18-19-41-29-16-12-24(13-17-29)20-34(31(38)36-33(40)44-34)32(39)42-22-25-8-4-2-5-9-25/h2-17,21,23H,18-20,22H2,1H3,(H,36,38,40)/t23?,34-/m1/s1. The van der Waals surface area contributed by atoms with Crippen LogP contribution in [0, 0.1) is 0 Å². The van der Waals surface area contributed by atoms with Gasteiger partial charge in [0.2, 0.25) is 4.75 Å². The molecule has 2 heterocycles. The van der Waals surface area contributed by atoms with Crippen molar-refractivity contribution < 1.29 is 33.4 Å². The van der Waals surface area contributed by atoms with Crippen molar-refractivity contribution in [2.45, 2.75) is 37.2 Å². The van der Waals surface area contributed by atoms with Gasteiger partial charge in [0.05, 0.1) is 12.2 Å². The molecule has 2 amide bonds. The maximum Gasteiger partial charge on any atom is 0.338 e. The smallest absolute Gasteiger partial charge is 0.338 e. The number of esters is 2. The number of carbonyl (C=O) groups excluding carboxylic acids is 4. The lowest BCUT2D eigenvalue weighted by molar-refractivity contribution is -0.150. The van der Waals surface area contributed by atoms with Crippen LogP contribution in [-0.4, -0.2) is 39.4 Å². The second-order valence-corrected chi connectivity index (χ2v) is 11.4. The van der Waals surface area contributed by atoms with Crippen molar-refractivity contribution in [3.8, 4) is 5.75 Å². The molecule has 1 N–H and O–H groups in total. The quantitative estimate of drug-likeness (QED) is 0.161. The minimum atomic E-state index is -1.70. The van der Waals surface area contributed by atoms with Gasteiger partial charge in [0.1, 0.15) is 18.5 Å². The molecular weight excluding hydrogens is 580 g/mol. The Morgan fingerprint density at radius 1 is 0.886 bits per heavy atom. The highest BCUT2D eigenvalue weighted by molar-refractivity contribution is 8.16. The third-order valence-corrected chi connectivity index (χ3v) is 8.14. The topological polar surface area (TPSA) is 121 Å². The van der Waals surface area contributed by atoms with E-state index in [0.717, 1.165) is 16.8 Å². The first-order chi connectivity index (χ1) is 21.3. The number of pyridine rings is 1. The van der Waals surface area contributed by atoms with Crippen LogP contribution >= 0.6 is 11.8 Å². The van der Waals surface area contributed by atoms with Crippen molar-refractivity contribution >= 4 is 34.8 Å². The molecule has 1 fully saturated rings. The van der Waals surface area contributed by atoms with E-state index in [2.05, 4.69) is 10.3 Å². The Balaban J connectivity index is 1.12. The Morgan fingerprint density at radius 3 is 2.23 bits per heavy atom. The largest absolute Gasteiger partial charge is 0.493 e. The molecule has 0 saturated carbocycles. The zero-order valence-corrected chi connectivity index (χ0v) is 24.8. The highest BCUT2D eigenvalue weighted by atomic mass is 32.2. The number of imide groups is 1. The number of rotatable bonds is 12. The molecule has 1 saturated heterocycles. The fourth-order valence-corrected chi connectivity index (χ4v) is 5.53. The van der Waals surface area contributed by atoms with Crippen LogP contribution in [-0.2, 0) is 38.5 Å². The van der Waals surface area contributed by atoms with Crippen LogP contribution in [0.1, 0.15) is 45.8 Å². The minimum absolute atomic E-state index is 0.00540. The van der Waals surface area contributed by atoms with Gasteiger partial charge in [-0.3, -0.25) is 19.9 Å². The molecule has 0 spiro atoms. The molecule has 0 radical (unpaired) electrons. The summed E-state index contributed by atoms with van der Waals surface area (Å²) < 4.78 is 15.2. The molecular formula is C34H30N2O7S. The van der Waals surface area contributed by atoms with Crippen molar-refractivity contribution in [2.24, 2.45) is 0 Å². The predicted octanol–water partition coefficient (Wildman–Crippen LogP) is 5.63. The fraction of sp³-hybridized carbons (Fsp3) is 0.206. The zero-order chi connectivity index (χ0) is 30.9. The monoisotopic (exact) mass is 610 g/mol. The van der Waals surface area contributed by atoms with Crippen LogP contribution in [0.15, 0.2) is 103 Å². The van der Waals surface area contributed by atoms with Crippen LogP contribution in [0.4, 0.5) is 4.79 Å². The third kappa shape index (κ3) is 7.51. The number of hydrogen-bond acceptors (Lipinski definition) is 9. The van der Waals surface area contributed by atoms with Gasteiger partial charge in [-0.15, -0.1) is 0 Å². The van der Waals surface area contributed by atoms with E-state index in [1.165, 1.54) is 0 Å². The van der Waals surface area contributed by atoms with Crippen molar-refractivity contribution in [1.29, 1.82) is 0 Å². The van der Waals surface area contributed by atoms with E-state index in [0.29, 0.717) is 41.7 Å². The van der Waals surface area contributed by atoms with Crippen LogP contribution < -0.4 is 10.1 Å². The summed E-state index contributed by atoms with van der Waals surface area (Å²) in [7, 11) is 0. The lowest BCUT2D eigenvalue weighted by atomic mass is 9.97. The molecule has 2 atom stereocenters. The predicted molar refractivity (Wildman–Crippen MR) is 164 cm³/mol. The summed E-state index contributed by atoms with van der Waals surface area (Å²) in [5.41, 5.74) is 3.54. The van der Waals surface area contributed by atoms with Gasteiger partial charge in [-0.25, -0.2) is 9.59 Å². The first-order valence-corrected chi connectivity index (χ1v) is 14.8. The van der Waals surface area contributed by atoms with Gasteiger partial charge in [0.25, 0.3) is 11.1 Å². The fourth-order valence-electron chi connectivity index (χ4n) is 4.55. The van der Waals surface area contributed by atoms with Gasteiger partial charge < -0.3 is 14.2 Å². The number of thioether (sulfide) groups is 1. The highest BCUT2D eigenvalue weighted by Gasteiger charge is 2.55. The molecule has 5 rings (SSSR count). The zero-order valence-electron chi connectivity index (χ0n) is 23.9. The van der Waals surface area contributed by atoms with Gasteiger partial charge in [-0.05, 0) is 60.1 Å².